The summed E-state index contributed by atoms with van der Waals surface area (Å²) in [5, 5.41) is 12.9. The van der Waals surface area contributed by atoms with E-state index in [1.165, 1.54) is 11.8 Å². The van der Waals surface area contributed by atoms with Gasteiger partial charge in [-0.25, -0.2) is 0 Å². The number of carbonyl (C=O) groups excluding carboxylic acids is 1. The van der Waals surface area contributed by atoms with Crippen molar-refractivity contribution in [2.24, 2.45) is 5.92 Å². The van der Waals surface area contributed by atoms with Gasteiger partial charge in [0.05, 0.1) is 23.1 Å². The van der Waals surface area contributed by atoms with E-state index in [1.54, 1.807) is 31.4 Å². The van der Waals surface area contributed by atoms with Crippen LogP contribution in [0, 0.1) is 5.92 Å². The summed E-state index contributed by atoms with van der Waals surface area (Å²) < 4.78 is 7.31. The Balaban J connectivity index is 1.85. The minimum atomic E-state index is -0.409. The topological polar surface area (TPSA) is 69.0 Å². The van der Waals surface area contributed by atoms with Gasteiger partial charge in [0, 0.05) is 17.1 Å². The first-order chi connectivity index (χ1) is 14.8. The SMILES string of the molecule is COc1ccccc1NC(=O)C(C)Sc1nnc(-c2ccc(Cl)cc2Cl)n1CC(C)C. The molecule has 0 aliphatic carbocycles. The number of halogens is 2. The zero-order valence-electron chi connectivity index (χ0n) is 17.7. The highest BCUT2D eigenvalue weighted by molar-refractivity contribution is 8.00. The molecule has 0 saturated carbocycles. The number of benzene rings is 2. The molecule has 0 radical (unpaired) electrons. The van der Waals surface area contributed by atoms with E-state index in [0.29, 0.717) is 44.9 Å². The maximum Gasteiger partial charge on any atom is 0.237 e. The predicted molar refractivity (Wildman–Crippen MR) is 127 cm³/mol. The number of amides is 1. The van der Waals surface area contributed by atoms with E-state index in [2.05, 4.69) is 29.4 Å². The molecule has 0 aliphatic heterocycles. The summed E-state index contributed by atoms with van der Waals surface area (Å²) in [7, 11) is 1.57. The second kappa shape index (κ2) is 10.4. The fraction of sp³-hybridized carbons (Fsp3) is 0.318. The van der Waals surface area contributed by atoms with Gasteiger partial charge in [-0.1, -0.05) is 60.9 Å². The molecule has 0 bridgehead atoms. The van der Waals surface area contributed by atoms with Crippen LogP contribution in [0.2, 0.25) is 10.0 Å². The fourth-order valence-electron chi connectivity index (χ4n) is 2.97. The van der Waals surface area contributed by atoms with Crippen molar-refractivity contribution < 1.29 is 9.53 Å². The number of nitrogens with one attached hydrogen (secondary N) is 1. The number of hydrogen-bond acceptors (Lipinski definition) is 5. The average molecular weight is 479 g/mol. The molecule has 0 saturated heterocycles. The molecule has 6 nitrogen and oxygen atoms in total. The van der Waals surface area contributed by atoms with Crippen LogP contribution < -0.4 is 10.1 Å². The summed E-state index contributed by atoms with van der Waals surface area (Å²) >= 11 is 13.8. The Hall–Kier alpha value is -2.22. The van der Waals surface area contributed by atoms with E-state index in [1.807, 2.05) is 29.7 Å². The molecule has 1 heterocycles. The number of hydrogen-bond donors (Lipinski definition) is 1. The summed E-state index contributed by atoms with van der Waals surface area (Å²) in [6, 6.07) is 12.6. The van der Waals surface area contributed by atoms with Crippen LogP contribution in [-0.2, 0) is 11.3 Å². The largest absolute Gasteiger partial charge is 0.495 e. The van der Waals surface area contributed by atoms with Crippen molar-refractivity contribution >= 4 is 46.6 Å². The second-order valence-electron chi connectivity index (χ2n) is 7.38. The third-order valence-corrected chi connectivity index (χ3v) is 6.08. The molecule has 1 aromatic heterocycles. The van der Waals surface area contributed by atoms with Gasteiger partial charge in [0.2, 0.25) is 5.91 Å². The second-order valence-corrected chi connectivity index (χ2v) is 9.54. The summed E-state index contributed by atoms with van der Waals surface area (Å²) in [5.41, 5.74) is 1.37. The maximum absolute atomic E-state index is 12.8. The Kier molecular flexibility index (Phi) is 7.86. The van der Waals surface area contributed by atoms with Crippen molar-refractivity contribution in [1.82, 2.24) is 14.8 Å². The van der Waals surface area contributed by atoms with Crippen molar-refractivity contribution in [2.75, 3.05) is 12.4 Å². The number of thioether (sulfide) groups is 1. The van der Waals surface area contributed by atoms with E-state index >= 15 is 0 Å². The van der Waals surface area contributed by atoms with Crippen LogP contribution in [0.15, 0.2) is 47.6 Å². The van der Waals surface area contributed by atoms with Crippen LogP contribution in [0.3, 0.4) is 0 Å². The molecular weight excluding hydrogens is 455 g/mol. The van der Waals surface area contributed by atoms with Gasteiger partial charge in [-0.15, -0.1) is 10.2 Å². The summed E-state index contributed by atoms with van der Waals surface area (Å²) in [5.74, 6) is 1.45. The Morgan fingerprint density at radius 2 is 1.90 bits per heavy atom. The van der Waals surface area contributed by atoms with Gasteiger partial charge in [0.25, 0.3) is 0 Å². The lowest BCUT2D eigenvalue weighted by molar-refractivity contribution is -0.115. The molecule has 0 aliphatic rings. The standard InChI is InChI=1S/C22H24Cl2N4O2S/c1-13(2)12-28-20(16-10-9-15(23)11-17(16)24)26-27-22(28)31-14(3)21(29)25-18-7-5-6-8-19(18)30-4/h5-11,13-14H,12H2,1-4H3,(H,25,29). The van der Waals surface area contributed by atoms with E-state index in [4.69, 9.17) is 27.9 Å². The van der Waals surface area contributed by atoms with Crippen LogP contribution in [0.25, 0.3) is 11.4 Å². The Morgan fingerprint density at radius 3 is 2.58 bits per heavy atom. The monoisotopic (exact) mass is 478 g/mol. The van der Waals surface area contributed by atoms with Crippen LogP contribution in [0.1, 0.15) is 20.8 Å². The molecule has 1 atom stereocenters. The van der Waals surface area contributed by atoms with Crippen LogP contribution in [0.4, 0.5) is 5.69 Å². The van der Waals surface area contributed by atoms with Gasteiger partial charge >= 0.3 is 0 Å². The summed E-state index contributed by atoms with van der Waals surface area (Å²) in [6.07, 6.45) is 0. The first-order valence-corrected chi connectivity index (χ1v) is 11.4. The quantitative estimate of drug-likeness (QED) is 0.399. The number of methoxy groups -OCH3 is 1. The third-order valence-electron chi connectivity index (χ3n) is 4.45. The average Bonchev–Trinajstić information content (AvgIpc) is 3.09. The van der Waals surface area contributed by atoms with Crippen molar-refractivity contribution in [3.63, 3.8) is 0 Å². The normalized spacial score (nSPS) is 12.1. The number of ether oxygens (including phenoxy) is 1. The number of rotatable bonds is 8. The van der Waals surface area contributed by atoms with Crippen molar-refractivity contribution in [3.8, 4) is 17.1 Å². The molecule has 31 heavy (non-hydrogen) atoms. The molecule has 0 spiro atoms. The first-order valence-electron chi connectivity index (χ1n) is 9.79. The summed E-state index contributed by atoms with van der Waals surface area (Å²) in [4.78, 5) is 12.8. The Labute approximate surface area is 196 Å². The lowest BCUT2D eigenvalue weighted by atomic mass is 10.2. The zero-order valence-corrected chi connectivity index (χ0v) is 20.1. The molecule has 1 unspecified atom stereocenters. The highest BCUT2D eigenvalue weighted by Crippen LogP contribution is 2.33. The van der Waals surface area contributed by atoms with Crippen molar-refractivity contribution in [3.05, 3.63) is 52.5 Å². The molecule has 9 heteroatoms. The van der Waals surface area contributed by atoms with Crippen LogP contribution >= 0.6 is 35.0 Å². The zero-order chi connectivity index (χ0) is 22.5. The Morgan fingerprint density at radius 1 is 1.16 bits per heavy atom. The first kappa shape index (κ1) is 23.4. The Bertz CT molecular complexity index is 1070. The lowest BCUT2D eigenvalue weighted by Crippen LogP contribution is -2.23. The van der Waals surface area contributed by atoms with Gasteiger partial charge in [-0.3, -0.25) is 4.79 Å². The molecule has 0 fully saturated rings. The van der Waals surface area contributed by atoms with E-state index < -0.39 is 5.25 Å². The van der Waals surface area contributed by atoms with Crippen LogP contribution in [-0.4, -0.2) is 33.0 Å². The number of aromatic nitrogens is 3. The van der Waals surface area contributed by atoms with E-state index in [0.717, 1.165) is 5.56 Å². The van der Waals surface area contributed by atoms with E-state index in [9.17, 15) is 4.79 Å². The maximum atomic E-state index is 12.8. The lowest BCUT2D eigenvalue weighted by Gasteiger charge is -2.16. The van der Waals surface area contributed by atoms with Gasteiger partial charge in [-0.2, -0.15) is 0 Å². The minimum Gasteiger partial charge on any atom is -0.495 e. The highest BCUT2D eigenvalue weighted by Gasteiger charge is 2.23. The highest BCUT2D eigenvalue weighted by atomic mass is 35.5. The fourth-order valence-corrected chi connectivity index (χ4v) is 4.32. The smallest absolute Gasteiger partial charge is 0.237 e. The van der Waals surface area contributed by atoms with E-state index in [-0.39, 0.29) is 5.91 Å². The number of anilines is 1. The predicted octanol–water partition coefficient (Wildman–Crippen LogP) is 6.04. The van der Waals surface area contributed by atoms with Gasteiger partial charge in [-0.05, 0) is 43.2 Å². The number of para-hydroxylation sites is 2. The van der Waals surface area contributed by atoms with Gasteiger partial charge in [0.15, 0.2) is 11.0 Å². The molecule has 1 N–H and O–H groups in total. The molecule has 2 aromatic carbocycles. The molecule has 3 rings (SSSR count). The molecule has 1 amide bonds. The van der Waals surface area contributed by atoms with Crippen molar-refractivity contribution in [2.45, 2.75) is 37.7 Å². The number of nitrogens with zero attached hydrogens (tertiary/aromatic N) is 3. The summed E-state index contributed by atoms with van der Waals surface area (Å²) in [6.45, 7) is 6.74. The van der Waals surface area contributed by atoms with Crippen LogP contribution in [0.5, 0.6) is 5.75 Å². The molecule has 164 valence electrons. The van der Waals surface area contributed by atoms with Gasteiger partial charge < -0.3 is 14.6 Å². The minimum absolute atomic E-state index is 0.153. The third kappa shape index (κ3) is 5.73. The van der Waals surface area contributed by atoms with Gasteiger partial charge in [0.1, 0.15) is 5.75 Å². The number of carbonyl (C=O) groups is 1. The molecular formula is C22H24Cl2N4O2S. The molecule has 3 aromatic rings. The van der Waals surface area contributed by atoms with Crippen molar-refractivity contribution in [1.29, 1.82) is 0 Å².